The summed E-state index contributed by atoms with van der Waals surface area (Å²) in [6, 6.07) is 0. The van der Waals surface area contributed by atoms with Gasteiger partial charge in [0.05, 0.1) is 5.69 Å². The van der Waals surface area contributed by atoms with Crippen LogP contribution in [0.3, 0.4) is 0 Å². The number of aromatic nitrogens is 1. The summed E-state index contributed by atoms with van der Waals surface area (Å²) >= 11 is 1.59. The zero-order chi connectivity index (χ0) is 12.9. The predicted octanol–water partition coefficient (Wildman–Crippen LogP) is 5.80. The third-order valence-corrected chi connectivity index (χ3v) is 4.06. The van der Waals surface area contributed by atoms with Crippen molar-refractivity contribution in [2.45, 2.75) is 84.0 Å². The van der Waals surface area contributed by atoms with Gasteiger partial charge in [0.1, 0.15) is 0 Å². The summed E-state index contributed by atoms with van der Waals surface area (Å²) in [4.78, 5) is 4.19. The molecule has 0 spiro atoms. The second-order valence-electron chi connectivity index (χ2n) is 5.22. The third kappa shape index (κ3) is 8.68. The molecular weight excluding hydrogens is 238 g/mol. The first-order valence-corrected chi connectivity index (χ1v) is 8.62. The van der Waals surface area contributed by atoms with Crippen LogP contribution in [0.5, 0.6) is 0 Å². The van der Waals surface area contributed by atoms with E-state index in [0.717, 1.165) is 6.42 Å². The molecule has 1 aromatic rings. The molecule has 1 nitrogen and oxygen atoms in total. The Morgan fingerprint density at radius 3 is 1.94 bits per heavy atom. The second-order valence-corrected chi connectivity index (χ2v) is 5.87. The van der Waals surface area contributed by atoms with E-state index in [9.17, 15) is 0 Å². The Balaban J connectivity index is 1.73. The van der Waals surface area contributed by atoms with Crippen LogP contribution in [0.2, 0.25) is 0 Å². The van der Waals surface area contributed by atoms with Crippen molar-refractivity contribution in [1.82, 2.24) is 4.98 Å². The molecule has 0 aliphatic carbocycles. The van der Waals surface area contributed by atoms with Gasteiger partial charge < -0.3 is 0 Å². The molecule has 18 heavy (non-hydrogen) atoms. The third-order valence-electron chi connectivity index (χ3n) is 3.47. The fourth-order valence-corrected chi connectivity index (χ4v) is 2.82. The van der Waals surface area contributed by atoms with Crippen molar-refractivity contribution in [3.05, 3.63) is 16.6 Å². The van der Waals surface area contributed by atoms with E-state index in [1.807, 2.05) is 0 Å². The van der Waals surface area contributed by atoms with E-state index in [-0.39, 0.29) is 0 Å². The summed E-state index contributed by atoms with van der Waals surface area (Å²) < 4.78 is 0. The number of nitrogens with zero attached hydrogens (tertiary/aromatic N) is 1. The molecule has 0 aliphatic rings. The topological polar surface area (TPSA) is 12.9 Å². The lowest BCUT2D eigenvalue weighted by Gasteiger charge is -2.02. The van der Waals surface area contributed by atoms with Gasteiger partial charge in [-0.3, -0.25) is 0 Å². The Hall–Kier alpha value is -0.370. The van der Waals surface area contributed by atoms with Gasteiger partial charge in [0.15, 0.2) is 5.51 Å². The molecule has 0 fully saturated rings. The Morgan fingerprint density at radius 2 is 1.44 bits per heavy atom. The first-order valence-electron chi connectivity index (χ1n) is 7.74. The first kappa shape index (κ1) is 15.7. The lowest BCUT2D eigenvalue weighted by molar-refractivity contribution is 0.549. The van der Waals surface area contributed by atoms with Crippen molar-refractivity contribution < 1.29 is 0 Å². The highest BCUT2D eigenvalue weighted by Gasteiger charge is 1.96. The van der Waals surface area contributed by atoms with E-state index in [1.54, 1.807) is 11.3 Å². The van der Waals surface area contributed by atoms with Gasteiger partial charge in [-0.15, -0.1) is 11.3 Å². The van der Waals surface area contributed by atoms with Crippen molar-refractivity contribution in [2.75, 3.05) is 0 Å². The molecule has 103 valence electrons. The van der Waals surface area contributed by atoms with Gasteiger partial charge in [-0.25, -0.2) is 4.98 Å². The van der Waals surface area contributed by atoms with Gasteiger partial charge in [-0.05, 0) is 12.8 Å². The van der Waals surface area contributed by atoms with Gasteiger partial charge in [-0.2, -0.15) is 0 Å². The van der Waals surface area contributed by atoms with Crippen LogP contribution >= 0.6 is 11.3 Å². The monoisotopic (exact) mass is 266 g/mol. The van der Waals surface area contributed by atoms with Crippen molar-refractivity contribution >= 4 is 11.3 Å². The maximum atomic E-state index is 4.19. The van der Waals surface area contributed by atoms with Crippen LogP contribution in [0.25, 0.3) is 0 Å². The predicted molar refractivity (Wildman–Crippen MR) is 81.1 cm³/mol. The summed E-state index contributed by atoms with van der Waals surface area (Å²) in [5, 5.41) is 2.12. The van der Waals surface area contributed by atoms with Crippen molar-refractivity contribution in [1.29, 1.82) is 0 Å². The zero-order valence-electron chi connectivity index (χ0n) is 11.9. The Labute approximate surface area is 117 Å². The summed E-state index contributed by atoms with van der Waals surface area (Å²) in [5.74, 6) is 0. The zero-order valence-corrected chi connectivity index (χ0v) is 12.7. The van der Waals surface area contributed by atoms with Crippen LogP contribution < -0.4 is 0 Å². The molecule has 0 saturated carbocycles. The Bertz CT molecular complexity index is 256. The van der Waals surface area contributed by atoms with E-state index in [1.165, 1.54) is 76.3 Å². The molecule has 0 aromatic carbocycles. The lowest BCUT2D eigenvalue weighted by atomic mass is 10.1. The fourth-order valence-electron chi connectivity index (χ4n) is 2.29. The lowest BCUT2D eigenvalue weighted by Crippen LogP contribution is -1.86. The van der Waals surface area contributed by atoms with Gasteiger partial charge in [-0.1, -0.05) is 71.1 Å². The molecule has 0 N–H and O–H groups in total. The molecule has 2 heteroatoms. The summed E-state index contributed by atoms with van der Waals surface area (Å²) in [5.41, 5.74) is 4.14. The minimum absolute atomic E-state index is 1.15. The van der Waals surface area contributed by atoms with Gasteiger partial charge in [0.2, 0.25) is 0 Å². The average Bonchev–Trinajstić information content (AvgIpc) is 2.89. The smallest absolute Gasteiger partial charge is 0.152 e. The molecule has 0 amide bonds. The summed E-state index contributed by atoms with van der Waals surface area (Å²) in [7, 11) is 0. The van der Waals surface area contributed by atoms with Gasteiger partial charge >= 0.3 is 0 Å². The van der Waals surface area contributed by atoms with Crippen molar-refractivity contribution in [3.8, 4) is 0 Å². The molecule has 1 heterocycles. The maximum Gasteiger partial charge on any atom is 0.152 e. The largest absolute Gasteiger partial charge is 0.239 e. The summed E-state index contributed by atoms with van der Waals surface area (Å²) in [6.45, 7) is 2.28. The van der Waals surface area contributed by atoms with Crippen LogP contribution in [0.4, 0.5) is 0 Å². The molecule has 0 bridgehead atoms. The van der Waals surface area contributed by atoms with Crippen molar-refractivity contribution in [3.63, 3.8) is 0 Å². The molecule has 0 aliphatic heterocycles. The molecule has 0 saturated heterocycles. The maximum absolute atomic E-state index is 4.19. The van der Waals surface area contributed by atoms with Crippen LogP contribution in [-0.4, -0.2) is 4.98 Å². The molecule has 1 radical (unpaired) electrons. The van der Waals surface area contributed by atoms with Crippen LogP contribution in [0.15, 0.2) is 5.38 Å². The Morgan fingerprint density at radius 1 is 0.889 bits per heavy atom. The van der Waals surface area contributed by atoms with E-state index in [4.69, 9.17) is 0 Å². The Kier molecular flexibility index (Phi) is 10.2. The van der Waals surface area contributed by atoms with Gasteiger partial charge in [0, 0.05) is 5.38 Å². The molecule has 0 atom stereocenters. The highest BCUT2D eigenvalue weighted by Crippen LogP contribution is 2.12. The van der Waals surface area contributed by atoms with E-state index >= 15 is 0 Å². The molecule has 1 rings (SSSR count). The van der Waals surface area contributed by atoms with Gasteiger partial charge in [0.25, 0.3) is 0 Å². The number of rotatable bonds is 12. The minimum atomic E-state index is 1.15. The standard InChI is InChI=1S/C16H28NS/c1-2-3-4-5-6-7-8-9-10-11-12-13-16-14-18-15-17-16/h14H,2-13H2,1H3. The van der Waals surface area contributed by atoms with Crippen LogP contribution in [0.1, 0.15) is 83.2 Å². The number of hydrogen-bond acceptors (Lipinski definition) is 2. The van der Waals surface area contributed by atoms with Crippen LogP contribution in [-0.2, 0) is 6.42 Å². The second kappa shape index (κ2) is 11.7. The number of thiazole rings is 1. The summed E-state index contributed by atoms with van der Waals surface area (Å²) in [6.07, 6.45) is 16.7. The van der Waals surface area contributed by atoms with E-state index < -0.39 is 0 Å². The van der Waals surface area contributed by atoms with E-state index in [0.29, 0.717) is 0 Å². The highest BCUT2D eigenvalue weighted by molar-refractivity contribution is 7.07. The van der Waals surface area contributed by atoms with Crippen molar-refractivity contribution in [2.24, 2.45) is 0 Å². The molecular formula is C16H28NS. The van der Waals surface area contributed by atoms with E-state index in [2.05, 4.69) is 22.8 Å². The number of hydrogen-bond donors (Lipinski definition) is 0. The quantitative estimate of drug-likeness (QED) is 0.436. The SMILES string of the molecule is CCCCCCCCCCCCCc1cs[c]n1. The first-order chi connectivity index (χ1) is 8.93. The molecule has 1 aromatic heterocycles. The normalized spacial score (nSPS) is 10.9. The fraction of sp³-hybridized carbons (Fsp3) is 0.812. The highest BCUT2D eigenvalue weighted by atomic mass is 32.1. The molecule has 0 unspecified atom stereocenters. The minimum Gasteiger partial charge on any atom is -0.239 e. The van der Waals surface area contributed by atoms with Crippen LogP contribution in [0, 0.1) is 5.51 Å². The average molecular weight is 266 g/mol. The number of unbranched alkanes of at least 4 members (excludes halogenated alkanes) is 10. The number of aryl methyl sites for hydroxylation is 1.